The predicted molar refractivity (Wildman–Crippen MR) is 116 cm³/mol. The second-order valence-corrected chi connectivity index (χ2v) is 13.8. The van der Waals surface area contributed by atoms with Crippen molar-refractivity contribution >= 4 is 18.7 Å². The third kappa shape index (κ3) is 3.18. The van der Waals surface area contributed by atoms with E-state index in [1.807, 2.05) is 6.92 Å². The van der Waals surface area contributed by atoms with Crippen LogP contribution >= 0.6 is 0 Å². The number of benzene rings is 2. The largest absolute Gasteiger partial charge is 0.399 e. The summed E-state index contributed by atoms with van der Waals surface area (Å²) in [4.78, 5) is 0. The Balaban J connectivity index is 1.58. The van der Waals surface area contributed by atoms with Gasteiger partial charge >= 0.3 is 0 Å². The maximum Gasteiger partial charge on any atom is 0.280 e. The lowest BCUT2D eigenvalue weighted by molar-refractivity contribution is -0.377. The van der Waals surface area contributed by atoms with E-state index >= 15 is 0 Å². The van der Waals surface area contributed by atoms with E-state index in [0.29, 0.717) is 13.2 Å². The van der Waals surface area contributed by atoms with Crippen LogP contribution in [0.25, 0.3) is 0 Å². The highest BCUT2D eigenvalue weighted by Gasteiger charge is 2.60. The first-order valence-electron chi connectivity index (χ1n) is 10.7. The average molecular weight is 427 g/mol. The zero-order chi connectivity index (χ0) is 21.0. The predicted octanol–water partition coefficient (Wildman–Crippen LogP) is 2.82. The summed E-state index contributed by atoms with van der Waals surface area (Å²) in [5, 5.41) is 2.41. The SMILES string of the molecule is CC12OCC(O1)[C@H]1OC[C@H](O[Si](c3ccccc3)(c3ccccc3)C(C)(C)C)[C@H]1O2. The van der Waals surface area contributed by atoms with E-state index in [1.54, 1.807) is 0 Å². The molecule has 0 aromatic heterocycles. The van der Waals surface area contributed by atoms with Crippen molar-refractivity contribution in [2.45, 2.75) is 63.1 Å². The molecule has 0 N–H and O–H groups in total. The van der Waals surface area contributed by atoms with Crippen molar-refractivity contribution in [3.05, 3.63) is 60.7 Å². The van der Waals surface area contributed by atoms with Crippen molar-refractivity contribution in [3.63, 3.8) is 0 Å². The topological polar surface area (TPSA) is 46.2 Å². The second kappa shape index (κ2) is 7.26. The van der Waals surface area contributed by atoms with Crippen molar-refractivity contribution in [2.75, 3.05) is 13.2 Å². The monoisotopic (exact) mass is 426 g/mol. The molecule has 2 bridgehead atoms. The Bertz CT molecular complexity index is 844. The first-order valence-corrected chi connectivity index (χ1v) is 12.6. The highest BCUT2D eigenvalue weighted by atomic mass is 28.4. The van der Waals surface area contributed by atoms with Crippen LogP contribution in [-0.4, -0.2) is 51.9 Å². The molecule has 6 heteroatoms. The van der Waals surface area contributed by atoms with Gasteiger partial charge < -0.3 is 23.4 Å². The smallest absolute Gasteiger partial charge is 0.280 e. The van der Waals surface area contributed by atoms with Crippen LogP contribution < -0.4 is 10.4 Å². The first kappa shape index (κ1) is 20.4. The van der Waals surface area contributed by atoms with Crippen LogP contribution in [0, 0.1) is 0 Å². The fraction of sp³-hybridized carbons (Fsp3) is 0.500. The molecule has 5 nitrogen and oxygen atoms in total. The minimum atomic E-state index is -2.68. The number of ether oxygens (including phenoxy) is 4. The molecule has 0 saturated carbocycles. The maximum atomic E-state index is 7.25. The third-order valence-electron chi connectivity index (χ3n) is 6.48. The van der Waals surface area contributed by atoms with Gasteiger partial charge in [-0.15, -0.1) is 0 Å². The summed E-state index contributed by atoms with van der Waals surface area (Å²) in [5.74, 6) is -1.01. The van der Waals surface area contributed by atoms with Crippen LogP contribution in [-0.2, 0) is 23.4 Å². The second-order valence-electron chi connectivity index (χ2n) is 9.53. The van der Waals surface area contributed by atoms with Gasteiger partial charge in [0.25, 0.3) is 14.3 Å². The van der Waals surface area contributed by atoms with E-state index in [1.165, 1.54) is 10.4 Å². The van der Waals surface area contributed by atoms with Crippen molar-refractivity contribution in [3.8, 4) is 0 Å². The molecule has 30 heavy (non-hydrogen) atoms. The van der Waals surface area contributed by atoms with Gasteiger partial charge in [0.15, 0.2) is 0 Å². The van der Waals surface area contributed by atoms with Crippen LogP contribution in [0.1, 0.15) is 27.7 Å². The summed E-state index contributed by atoms with van der Waals surface area (Å²) in [6, 6.07) is 21.3. The fourth-order valence-corrected chi connectivity index (χ4v) is 9.81. The molecule has 0 spiro atoms. The Hall–Kier alpha value is -1.54. The van der Waals surface area contributed by atoms with Crippen LogP contribution in [0.5, 0.6) is 0 Å². The van der Waals surface area contributed by atoms with Gasteiger partial charge in [0, 0.05) is 6.92 Å². The molecule has 2 aromatic rings. The van der Waals surface area contributed by atoms with Gasteiger partial charge in [0.2, 0.25) is 0 Å². The number of hydrogen-bond donors (Lipinski definition) is 0. The highest BCUT2D eigenvalue weighted by molar-refractivity contribution is 6.99. The van der Waals surface area contributed by atoms with Crippen molar-refractivity contribution in [2.24, 2.45) is 0 Å². The highest BCUT2D eigenvalue weighted by Crippen LogP contribution is 2.44. The maximum absolute atomic E-state index is 7.25. The molecule has 2 aromatic carbocycles. The molecule has 2 unspecified atom stereocenters. The Labute approximate surface area is 179 Å². The van der Waals surface area contributed by atoms with E-state index in [4.69, 9.17) is 23.4 Å². The summed E-state index contributed by atoms with van der Waals surface area (Å²) in [6.45, 7) is 9.67. The molecule has 3 saturated heterocycles. The normalized spacial score (nSPS) is 33.5. The summed E-state index contributed by atoms with van der Waals surface area (Å²) >= 11 is 0. The van der Waals surface area contributed by atoms with Gasteiger partial charge in [0.05, 0.1) is 19.3 Å². The molecule has 0 amide bonds. The van der Waals surface area contributed by atoms with Gasteiger partial charge in [-0.3, -0.25) is 0 Å². The summed E-state index contributed by atoms with van der Waals surface area (Å²) in [7, 11) is -2.68. The van der Waals surface area contributed by atoms with Gasteiger partial charge in [0.1, 0.15) is 18.3 Å². The van der Waals surface area contributed by atoms with Crippen LogP contribution in [0.15, 0.2) is 60.7 Å². The van der Waals surface area contributed by atoms with Crippen molar-refractivity contribution in [1.29, 1.82) is 0 Å². The quantitative estimate of drug-likeness (QED) is 0.704. The van der Waals surface area contributed by atoms with E-state index in [2.05, 4.69) is 81.4 Å². The van der Waals surface area contributed by atoms with E-state index in [0.717, 1.165) is 0 Å². The molecular weight excluding hydrogens is 396 g/mol. The van der Waals surface area contributed by atoms with Crippen LogP contribution in [0.4, 0.5) is 0 Å². The molecule has 5 atom stereocenters. The fourth-order valence-electron chi connectivity index (χ4n) is 5.14. The molecule has 3 aliphatic rings. The van der Waals surface area contributed by atoms with E-state index < -0.39 is 14.3 Å². The van der Waals surface area contributed by atoms with Crippen LogP contribution in [0.3, 0.4) is 0 Å². The summed E-state index contributed by atoms with van der Waals surface area (Å²) in [6.07, 6.45) is -0.670. The first-order chi connectivity index (χ1) is 14.3. The molecule has 160 valence electrons. The average Bonchev–Trinajstić information content (AvgIpc) is 3.27. The Kier molecular flexibility index (Phi) is 4.93. The molecule has 5 rings (SSSR count). The molecular formula is C24H30O5Si. The molecule has 0 aliphatic carbocycles. The third-order valence-corrected chi connectivity index (χ3v) is 11.5. The Morgan fingerprint density at radius 2 is 1.47 bits per heavy atom. The molecule has 3 heterocycles. The van der Waals surface area contributed by atoms with Crippen molar-refractivity contribution in [1.82, 2.24) is 0 Å². The number of rotatable bonds is 4. The molecule has 3 fully saturated rings. The zero-order valence-electron chi connectivity index (χ0n) is 18.0. The number of fused-ring (bicyclic) bond motifs is 4. The van der Waals surface area contributed by atoms with E-state index in [9.17, 15) is 0 Å². The lowest BCUT2D eigenvalue weighted by Crippen LogP contribution is -2.69. The number of hydrogen-bond acceptors (Lipinski definition) is 5. The van der Waals surface area contributed by atoms with Crippen LogP contribution in [0.2, 0.25) is 5.04 Å². The minimum Gasteiger partial charge on any atom is -0.399 e. The lowest BCUT2D eigenvalue weighted by Gasteiger charge is -2.46. The Morgan fingerprint density at radius 3 is 2.03 bits per heavy atom. The summed E-state index contributed by atoms with van der Waals surface area (Å²) in [5.41, 5.74) is 0. The van der Waals surface area contributed by atoms with Crippen molar-refractivity contribution < 1.29 is 23.4 Å². The summed E-state index contributed by atoms with van der Waals surface area (Å²) < 4.78 is 31.3. The van der Waals surface area contributed by atoms with Gasteiger partial charge in [-0.05, 0) is 15.4 Å². The minimum absolute atomic E-state index is 0.0989. The standard InChI is InChI=1S/C24H30O5Si/c1-23(2,3)30(17-11-7-5-8-12-17,18-13-9-6-10-14-18)29-20-15-25-21-19-16-26-24(4,27-19)28-22(20)21/h5-14,19-22H,15-16H2,1-4H3/t19?,20-,21+,22+,24?/m0/s1. The van der Waals surface area contributed by atoms with Gasteiger partial charge in [-0.1, -0.05) is 81.4 Å². The van der Waals surface area contributed by atoms with E-state index in [-0.39, 0.29) is 29.5 Å². The molecule has 3 aliphatic heterocycles. The molecule has 0 radical (unpaired) electrons. The van der Waals surface area contributed by atoms with Gasteiger partial charge in [-0.2, -0.15) is 0 Å². The van der Waals surface area contributed by atoms with Gasteiger partial charge in [-0.25, -0.2) is 0 Å². The zero-order valence-corrected chi connectivity index (χ0v) is 19.0. The Morgan fingerprint density at radius 1 is 0.867 bits per heavy atom. The lowest BCUT2D eigenvalue weighted by atomic mass is 10.1.